The van der Waals surface area contributed by atoms with Crippen LogP contribution >= 0.6 is 11.6 Å². The third kappa shape index (κ3) is 2.03. The summed E-state index contributed by atoms with van der Waals surface area (Å²) in [6.45, 7) is 3.73. The van der Waals surface area contributed by atoms with Crippen LogP contribution in [0.2, 0.25) is 5.02 Å². The summed E-state index contributed by atoms with van der Waals surface area (Å²) in [7, 11) is 0. The summed E-state index contributed by atoms with van der Waals surface area (Å²) in [5.41, 5.74) is 0.786. The van der Waals surface area contributed by atoms with Crippen molar-refractivity contribution in [2.24, 2.45) is 0 Å². The third-order valence-electron chi connectivity index (χ3n) is 2.72. The number of rotatable bonds is 2. The molecule has 0 aromatic carbocycles. The summed E-state index contributed by atoms with van der Waals surface area (Å²) in [6, 6.07) is 2.16. The van der Waals surface area contributed by atoms with Gasteiger partial charge in [-0.1, -0.05) is 17.7 Å². The number of pyridine rings is 1. The molecule has 0 spiro atoms. The lowest BCUT2D eigenvalue weighted by molar-refractivity contribution is 0.566. The molecule has 1 saturated heterocycles. The van der Waals surface area contributed by atoms with Gasteiger partial charge in [-0.15, -0.1) is 6.58 Å². The van der Waals surface area contributed by atoms with E-state index in [1.165, 1.54) is 6.20 Å². The van der Waals surface area contributed by atoms with Crippen molar-refractivity contribution < 1.29 is 4.39 Å². The van der Waals surface area contributed by atoms with E-state index in [0.717, 1.165) is 18.4 Å². The van der Waals surface area contributed by atoms with E-state index in [2.05, 4.69) is 16.9 Å². The van der Waals surface area contributed by atoms with E-state index in [4.69, 9.17) is 11.6 Å². The van der Waals surface area contributed by atoms with E-state index in [0.29, 0.717) is 6.04 Å². The monoisotopic (exact) mass is 226 g/mol. The van der Waals surface area contributed by atoms with E-state index >= 15 is 0 Å². The number of hydrogen-bond donors (Lipinski definition) is 1. The van der Waals surface area contributed by atoms with Crippen LogP contribution in [0.1, 0.15) is 24.4 Å². The molecule has 2 rings (SSSR count). The van der Waals surface area contributed by atoms with Crippen LogP contribution in [0.4, 0.5) is 4.39 Å². The van der Waals surface area contributed by atoms with Gasteiger partial charge in [0.05, 0.1) is 0 Å². The Balaban J connectivity index is 2.24. The highest BCUT2D eigenvalue weighted by atomic mass is 35.5. The molecule has 0 amide bonds. The number of nitrogens with zero attached hydrogens (tertiary/aromatic N) is 1. The summed E-state index contributed by atoms with van der Waals surface area (Å²) in [6.07, 6.45) is 5.26. The molecule has 2 atom stereocenters. The number of hydrogen-bond acceptors (Lipinski definition) is 2. The lowest BCUT2D eigenvalue weighted by atomic mass is 10.1. The van der Waals surface area contributed by atoms with Crippen molar-refractivity contribution >= 4 is 11.6 Å². The topological polar surface area (TPSA) is 24.9 Å². The first-order chi connectivity index (χ1) is 7.22. The molecule has 2 heterocycles. The predicted octanol–water partition coefficient (Wildman–Crippen LogP) is 2.85. The zero-order chi connectivity index (χ0) is 10.8. The van der Waals surface area contributed by atoms with E-state index in [1.54, 1.807) is 6.07 Å². The fourth-order valence-corrected chi connectivity index (χ4v) is 2.15. The van der Waals surface area contributed by atoms with Crippen LogP contribution in [-0.2, 0) is 0 Å². The summed E-state index contributed by atoms with van der Waals surface area (Å²) < 4.78 is 13.1. The van der Waals surface area contributed by atoms with E-state index in [-0.39, 0.29) is 11.1 Å². The summed E-state index contributed by atoms with van der Waals surface area (Å²) >= 11 is 5.86. The molecule has 0 saturated carbocycles. The first kappa shape index (κ1) is 10.6. The zero-order valence-electron chi connectivity index (χ0n) is 8.21. The molecule has 2 nitrogen and oxygen atoms in total. The molecule has 1 N–H and O–H groups in total. The highest BCUT2D eigenvalue weighted by Gasteiger charge is 2.25. The van der Waals surface area contributed by atoms with Gasteiger partial charge in [0, 0.05) is 18.3 Å². The molecule has 0 radical (unpaired) electrons. The second-order valence-corrected chi connectivity index (χ2v) is 4.02. The molecule has 1 aliphatic rings. The van der Waals surface area contributed by atoms with Crippen LogP contribution in [0, 0.1) is 5.95 Å². The molecule has 1 aromatic rings. The molecular weight excluding hydrogens is 215 g/mol. The first-order valence-electron chi connectivity index (χ1n) is 4.91. The molecule has 1 fully saturated rings. The van der Waals surface area contributed by atoms with E-state index in [1.807, 2.05) is 6.08 Å². The number of nitrogens with one attached hydrogen (secondary N) is 1. The third-order valence-corrected chi connectivity index (χ3v) is 3.09. The molecule has 0 aliphatic carbocycles. The molecular formula is C11H12ClFN2. The Labute approximate surface area is 93.2 Å². The lowest BCUT2D eigenvalue weighted by Gasteiger charge is -2.13. The van der Waals surface area contributed by atoms with Crippen molar-refractivity contribution in [3.63, 3.8) is 0 Å². The Morgan fingerprint density at radius 2 is 2.40 bits per heavy atom. The molecule has 1 aromatic heterocycles. The van der Waals surface area contributed by atoms with Gasteiger partial charge < -0.3 is 5.32 Å². The normalized spacial score (nSPS) is 25.5. The largest absolute Gasteiger partial charge is 0.304 e. The molecule has 0 bridgehead atoms. The number of aromatic nitrogens is 1. The fourth-order valence-electron chi connectivity index (χ4n) is 1.90. The van der Waals surface area contributed by atoms with Crippen LogP contribution in [0.3, 0.4) is 0 Å². The minimum atomic E-state index is -0.599. The Bertz CT molecular complexity index is 381. The minimum Gasteiger partial charge on any atom is -0.304 e. The van der Waals surface area contributed by atoms with Gasteiger partial charge in [0.15, 0.2) is 0 Å². The molecule has 4 heteroatoms. The van der Waals surface area contributed by atoms with E-state index in [9.17, 15) is 4.39 Å². The highest BCUT2D eigenvalue weighted by molar-refractivity contribution is 6.31. The fraction of sp³-hybridized carbons (Fsp3) is 0.364. The molecule has 15 heavy (non-hydrogen) atoms. The van der Waals surface area contributed by atoms with Gasteiger partial charge in [-0.3, -0.25) is 0 Å². The van der Waals surface area contributed by atoms with Gasteiger partial charge in [0.25, 0.3) is 0 Å². The van der Waals surface area contributed by atoms with Gasteiger partial charge >= 0.3 is 0 Å². The summed E-state index contributed by atoms with van der Waals surface area (Å²) in [4.78, 5) is 3.50. The van der Waals surface area contributed by atoms with Crippen molar-refractivity contribution in [2.45, 2.75) is 24.9 Å². The van der Waals surface area contributed by atoms with Crippen molar-refractivity contribution in [3.8, 4) is 0 Å². The van der Waals surface area contributed by atoms with Crippen molar-refractivity contribution in [1.29, 1.82) is 0 Å². The average Bonchev–Trinajstić information content (AvgIpc) is 2.70. The van der Waals surface area contributed by atoms with Crippen LogP contribution in [0.5, 0.6) is 0 Å². The maximum absolute atomic E-state index is 13.1. The zero-order valence-corrected chi connectivity index (χ0v) is 8.97. The minimum absolute atomic E-state index is 0.109. The summed E-state index contributed by atoms with van der Waals surface area (Å²) in [5.74, 6) is -0.599. The maximum atomic E-state index is 13.1. The van der Waals surface area contributed by atoms with Gasteiger partial charge in [0.2, 0.25) is 5.95 Å². The SMILES string of the molecule is C=C[C@@H]1CCC(c2ccnc(F)c2Cl)N1. The van der Waals surface area contributed by atoms with Gasteiger partial charge in [-0.25, -0.2) is 4.98 Å². The quantitative estimate of drug-likeness (QED) is 0.620. The van der Waals surface area contributed by atoms with Crippen LogP contribution in [0.25, 0.3) is 0 Å². The van der Waals surface area contributed by atoms with Crippen LogP contribution in [-0.4, -0.2) is 11.0 Å². The molecule has 1 unspecified atom stereocenters. The first-order valence-corrected chi connectivity index (χ1v) is 5.28. The standard InChI is InChI=1S/C11H12ClFN2/c1-2-7-3-4-9(15-7)8-5-6-14-11(13)10(8)12/h2,5-7,9,15H,1,3-4H2/t7-,9?/m1/s1. The highest BCUT2D eigenvalue weighted by Crippen LogP contribution is 2.31. The van der Waals surface area contributed by atoms with Crippen LogP contribution < -0.4 is 5.32 Å². The lowest BCUT2D eigenvalue weighted by Crippen LogP contribution is -2.22. The molecule has 80 valence electrons. The van der Waals surface area contributed by atoms with Gasteiger partial charge in [-0.2, -0.15) is 4.39 Å². The second-order valence-electron chi connectivity index (χ2n) is 3.64. The summed E-state index contributed by atoms with van der Waals surface area (Å²) in [5, 5.41) is 3.45. The predicted molar refractivity (Wildman–Crippen MR) is 58.3 cm³/mol. The smallest absolute Gasteiger partial charge is 0.231 e. The Hall–Kier alpha value is -0.930. The van der Waals surface area contributed by atoms with Crippen molar-refractivity contribution in [1.82, 2.24) is 10.3 Å². The second kappa shape index (κ2) is 4.29. The van der Waals surface area contributed by atoms with Gasteiger partial charge in [0.1, 0.15) is 5.02 Å². The Kier molecular flexibility index (Phi) is 3.03. The van der Waals surface area contributed by atoms with Crippen molar-refractivity contribution in [2.75, 3.05) is 0 Å². The van der Waals surface area contributed by atoms with Crippen molar-refractivity contribution in [3.05, 3.63) is 41.5 Å². The number of halogens is 2. The maximum Gasteiger partial charge on any atom is 0.231 e. The Morgan fingerprint density at radius 1 is 1.60 bits per heavy atom. The molecule has 1 aliphatic heterocycles. The van der Waals surface area contributed by atoms with Crippen LogP contribution in [0.15, 0.2) is 24.9 Å². The average molecular weight is 227 g/mol. The van der Waals surface area contributed by atoms with E-state index < -0.39 is 5.95 Å². The van der Waals surface area contributed by atoms with Gasteiger partial charge in [-0.05, 0) is 24.5 Å². The Morgan fingerprint density at radius 3 is 3.07 bits per heavy atom.